The van der Waals surface area contributed by atoms with Gasteiger partial charge in [0.2, 0.25) is 0 Å². The molecule has 8 heteroatoms. The van der Waals surface area contributed by atoms with Crippen LogP contribution in [0.3, 0.4) is 0 Å². The maximum atomic E-state index is 7.48. The molecule has 0 aliphatic carbocycles. The molecule has 224 valence electrons. The van der Waals surface area contributed by atoms with Gasteiger partial charge in [-0.1, -0.05) is 55.0 Å². The molecule has 0 aliphatic heterocycles. The van der Waals surface area contributed by atoms with Gasteiger partial charge in [-0.25, -0.2) is 0 Å². The summed E-state index contributed by atoms with van der Waals surface area (Å²) < 4.78 is 11.8. The molecule has 43 heavy (non-hydrogen) atoms. The van der Waals surface area contributed by atoms with Gasteiger partial charge in [-0.05, 0) is 96.7 Å². The molecule has 4 aromatic carbocycles. The molecule has 8 nitrogen and oxygen atoms in total. The van der Waals surface area contributed by atoms with Gasteiger partial charge in [0, 0.05) is 24.2 Å². The van der Waals surface area contributed by atoms with Crippen molar-refractivity contribution < 1.29 is 9.47 Å². The predicted molar refractivity (Wildman–Crippen MR) is 174 cm³/mol. The number of benzene rings is 4. The van der Waals surface area contributed by atoms with Crippen molar-refractivity contribution in [2.75, 3.05) is 13.1 Å². The van der Waals surface area contributed by atoms with Crippen LogP contribution in [0.2, 0.25) is 0 Å². The second-order valence-electron chi connectivity index (χ2n) is 10.5. The standard InChI is InChI=1S/C35H42N6O2/c36-34(37)30-10-14-32(15-11-30)42-24-28-8-4-6-26(20-28)22-40-18-2-1-3-19-41-23-27-7-5-9-29(21-27)25-43-33-16-12-31(13-17-33)35(38)39/h4-17,20-21,40-41H,1-3,18-19,22-25H2,(H3,36,37)(H3,38,39). The van der Waals surface area contributed by atoms with Gasteiger partial charge < -0.3 is 31.6 Å². The summed E-state index contributed by atoms with van der Waals surface area (Å²) in [4.78, 5) is 0. The number of amidine groups is 2. The smallest absolute Gasteiger partial charge is 0.122 e. The first-order valence-electron chi connectivity index (χ1n) is 14.7. The molecule has 0 aromatic heterocycles. The zero-order chi connectivity index (χ0) is 30.3. The molecular weight excluding hydrogens is 536 g/mol. The molecule has 0 aliphatic rings. The largest absolute Gasteiger partial charge is 0.489 e. The first-order valence-corrected chi connectivity index (χ1v) is 14.7. The summed E-state index contributed by atoms with van der Waals surface area (Å²) in [6, 6.07) is 31.4. The Labute approximate surface area is 254 Å². The van der Waals surface area contributed by atoms with Crippen LogP contribution in [0.1, 0.15) is 52.6 Å². The van der Waals surface area contributed by atoms with Crippen molar-refractivity contribution in [3.05, 3.63) is 130 Å². The Morgan fingerprint density at radius 3 is 1.33 bits per heavy atom. The van der Waals surface area contributed by atoms with Crippen LogP contribution in [0.15, 0.2) is 97.1 Å². The van der Waals surface area contributed by atoms with E-state index in [2.05, 4.69) is 59.2 Å². The number of hydrogen-bond donors (Lipinski definition) is 6. The summed E-state index contributed by atoms with van der Waals surface area (Å²) >= 11 is 0. The Bertz CT molecular complexity index is 1340. The lowest BCUT2D eigenvalue weighted by atomic mass is 10.1. The number of hydrogen-bond acceptors (Lipinski definition) is 6. The SMILES string of the molecule is N=C(N)c1ccc(OCc2cccc(CNCCCCCNCc3cccc(COc4ccc(C(=N)N)cc4)c3)c2)cc1. The third-order valence-corrected chi connectivity index (χ3v) is 6.99. The van der Waals surface area contributed by atoms with Crippen LogP contribution < -0.4 is 31.6 Å². The molecule has 0 amide bonds. The van der Waals surface area contributed by atoms with E-state index in [1.807, 2.05) is 24.3 Å². The molecule has 0 spiro atoms. The Morgan fingerprint density at radius 2 is 0.930 bits per heavy atom. The minimum absolute atomic E-state index is 0.0558. The van der Waals surface area contributed by atoms with E-state index >= 15 is 0 Å². The molecular formula is C35H42N6O2. The summed E-state index contributed by atoms with van der Waals surface area (Å²) in [6.45, 7) is 4.64. The van der Waals surface area contributed by atoms with Gasteiger partial charge in [0.05, 0.1) is 0 Å². The van der Waals surface area contributed by atoms with Crippen LogP contribution in [0, 0.1) is 10.8 Å². The van der Waals surface area contributed by atoms with Gasteiger partial charge in [-0.2, -0.15) is 0 Å². The third kappa shape index (κ3) is 10.9. The van der Waals surface area contributed by atoms with Crippen molar-refractivity contribution >= 4 is 11.7 Å². The van der Waals surface area contributed by atoms with E-state index in [4.69, 9.17) is 31.8 Å². The Morgan fingerprint density at radius 1 is 0.535 bits per heavy atom. The van der Waals surface area contributed by atoms with E-state index < -0.39 is 0 Å². The molecule has 0 unspecified atom stereocenters. The molecule has 0 atom stereocenters. The average Bonchev–Trinajstić information content (AvgIpc) is 3.03. The van der Waals surface area contributed by atoms with Crippen molar-refractivity contribution in [3.8, 4) is 11.5 Å². The molecule has 4 aromatic rings. The summed E-state index contributed by atoms with van der Waals surface area (Å²) in [5.41, 5.74) is 17.1. The Kier molecular flexibility index (Phi) is 12.1. The fourth-order valence-corrected chi connectivity index (χ4v) is 4.60. The maximum Gasteiger partial charge on any atom is 0.122 e. The van der Waals surface area contributed by atoms with Crippen molar-refractivity contribution in [2.24, 2.45) is 11.5 Å². The minimum atomic E-state index is 0.0558. The van der Waals surface area contributed by atoms with Gasteiger partial charge >= 0.3 is 0 Å². The minimum Gasteiger partial charge on any atom is -0.489 e. The summed E-state index contributed by atoms with van der Waals surface area (Å²) in [7, 11) is 0. The van der Waals surface area contributed by atoms with Crippen molar-refractivity contribution in [1.29, 1.82) is 10.8 Å². The van der Waals surface area contributed by atoms with Crippen LogP contribution in [0.25, 0.3) is 0 Å². The molecule has 0 saturated carbocycles. The van der Waals surface area contributed by atoms with Crippen molar-refractivity contribution in [1.82, 2.24) is 10.6 Å². The second-order valence-corrected chi connectivity index (χ2v) is 10.5. The Balaban J connectivity index is 1.05. The molecule has 0 heterocycles. The van der Waals surface area contributed by atoms with Crippen molar-refractivity contribution in [3.63, 3.8) is 0 Å². The first kappa shape index (κ1) is 31.3. The van der Waals surface area contributed by atoms with E-state index in [0.717, 1.165) is 61.6 Å². The Hall–Kier alpha value is -4.66. The highest BCUT2D eigenvalue weighted by Gasteiger charge is 2.03. The van der Waals surface area contributed by atoms with Gasteiger partial charge in [-0.15, -0.1) is 0 Å². The van der Waals surface area contributed by atoms with E-state index in [9.17, 15) is 0 Å². The number of ether oxygens (including phenoxy) is 2. The maximum absolute atomic E-state index is 7.48. The van der Waals surface area contributed by atoms with Crippen LogP contribution in [0.5, 0.6) is 11.5 Å². The molecule has 4 rings (SSSR count). The lowest BCUT2D eigenvalue weighted by molar-refractivity contribution is 0.306. The molecule has 0 radical (unpaired) electrons. The van der Waals surface area contributed by atoms with E-state index in [1.54, 1.807) is 24.3 Å². The zero-order valence-corrected chi connectivity index (χ0v) is 24.6. The van der Waals surface area contributed by atoms with E-state index in [0.29, 0.717) is 24.3 Å². The average molecular weight is 579 g/mol. The van der Waals surface area contributed by atoms with Gasteiger partial charge in [0.1, 0.15) is 36.4 Å². The third-order valence-electron chi connectivity index (χ3n) is 6.99. The number of unbranched alkanes of at least 4 members (excludes halogenated alkanes) is 2. The van der Waals surface area contributed by atoms with Crippen LogP contribution >= 0.6 is 0 Å². The molecule has 0 saturated heterocycles. The summed E-state index contributed by atoms with van der Waals surface area (Å²) in [5.74, 6) is 1.63. The van der Waals surface area contributed by atoms with Crippen LogP contribution in [0.4, 0.5) is 0 Å². The number of nitrogens with one attached hydrogen (secondary N) is 4. The highest BCUT2D eigenvalue weighted by molar-refractivity contribution is 5.95. The predicted octanol–water partition coefficient (Wildman–Crippen LogP) is 5.46. The molecule has 0 fully saturated rings. The fraction of sp³-hybridized carbons (Fsp3) is 0.257. The molecule has 8 N–H and O–H groups in total. The van der Waals surface area contributed by atoms with Gasteiger partial charge in [0.25, 0.3) is 0 Å². The summed E-state index contributed by atoms with van der Waals surface area (Å²) in [6.07, 6.45) is 3.45. The number of rotatable bonds is 18. The lowest BCUT2D eigenvalue weighted by Gasteiger charge is -2.10. The van der Waals surface area contributed by atoms with Gasteiger partial charge in [-0.3, -0.25) is 10.8 Å². The normalized spacial score (nSPS) is 10.8. The number of nitrogen functional groups attached to an aromatic ring is 2. The topological polar surface area (TPSA) is 142 Å². The van der Waals surface area contributed by atoms with Crippen LogP contribution in [-0.2, 0) is 26.3 Å². The second kappa shape index (κ2) is 16.7. The van der Waals surface area contributed by atoms with E-state index in [1.165, 1.54) is 17.5 Å². The first-order chi connectivity index (χ1) is 21.0. The summed E-state index contributed by atoms with van der Waals surface area (Å²) in [5, 5.41) is 22.1. The lowest BCUT2D eigenvalue weighted by Crippen LogP contribution is -2.17. The molecule has 0 bridgehead atoms. The number of nitrogens with two attached hydrogens (primary N) is 2. The quantitative estimate of drug-likeness (QED) is 0.0526. The van der Waals surface area contributed by atoms with Crippen molar-refractivity contribution in [2.45, 2.75) is 45.6 Å². The fourth-order valence-electron chi connectivity index (χ4n) is 4.60. The van der Waals surface area contributed by atoms with Gasteiger partial charge in [0.15, 0.2) is 0 Å². The monoisotopic (exact) mass is 578 g/mol. The zero-order valence-electron chi connectivity index (χ0n) is 24.6. The highest BCUT2D eigenvalue weighted by Crippen LogP contribution is 2.16. The van der Waals surface area contributed by atoms with E-state index in [-0.39, 0.29) is 11.7 Å². The van der Waals surface area contributed by atoms with Crippen LogP contribution in [-0.4, -0.2) is 24.8 Å². The highest BCUT2D eigenvalue weighted by atomic mass is 16.5.